The normalized spacial score (nSPS) is 11.5. The van der Waals surface area contributed by atoms with Crippen LogP contribution in [0.1, 0.15) is 26.6 Å². The Morgan fingerprint density at radius 1 is 1.07 bits per heavy atom. The molecule has 0 aliphatic carbocycles. The van der Waals surface area contributed by atoms with Crippen molar-refractivity contribution in [1.29, 1.82) is 0 Å². The summed E-state index contributed by atoms with van der Waals surface area (Å²) in [5, 5.41) is 6.02. The minimum atomic E-state index is -0.506. The smallest absolute Gasteiger partial charge is 0.251 e. The number of aromatic nitrogens is 3. The fourth-order valence-electron chi connectivity index (χ4n) is 2.43. The molecule has 6 nitrogen and oxygen atoms in total. The average molecular weight is 454 g/mol. The lowest BCUT2D eigenvalue weighted by Crippen LogP contribution is -2.34. The van der Waals surface area contributed by atoms with Crippen LogP contribution >= 0.6 is 34.8 Å². The maximum Gasteiger partial charge on any atom is 0.251 e. The molecular formula is C20H19Cl3N4O2. The largest absolute Gasteiger partial charge is 0.272 e. The van der Waals surface area contributed by atoms with E-state index >= 15 is 0 Å². The summed E-state index contributed by atoms with van der Waals surface area (Å²) in [6, 6.07) is 12.2. The second-order valence-electron chi connectivity index (χ2n) is 7.28. The van der Waals surface area contributed by atoms with Crippen LogP contribution in [0.2, 0.25) is 15.1 Å². The number of nitrogens with one attached hydrogen (secondary N) is 1. The van der Waals surface area contributed by atoms with Crippen molar-refractivity contribution in [3.8, 4) is 17.1 Å². The maximum atomic E-state index is 12.2. The number of hydrogen-bond acceptors (Lipinski definition) is 4. The number of benzene rings is 2. The lowest BCUT2D eigenvalue weighted by atomic mass is 10.2. The highest BCUT2D eigenvalue weighted by Crippen LogP contribution is 2.31. The van der Waals surface area contributed by atoms with Crippen LogP contribution in [0.5, 0.6) is 0 Å². The summed E-state index contributed by atoms with van der Waals surface area (Å²) in [7, 11) is 0. The van der Waals surface area contributed by atoms with Gasteiger partial charge in [-0.15, -0.1) is 0 Å². The predicted octanol–water partition coefficient (Wildman–Crippen LogP) is 5.28. The Bertz CT molecular complexity index is 1030. The van der Waals surface area contributed by atoms with Gasteiger partial charge < -0.3 is 0 Å². The van der Waals surface area contributed by atoms with Gasteiger partial charge in [0.25, 0.3) is 5.91 Å². The summed E-state index contributed by atoms with van der Waals surface area (Å²) in [6.07, 6.45) is -0.0606. The highest BCUT2D eigenvalue weighted by Gasteiger charge is 2.19. The van der Waals surface area contributed by atoms with Gasteiger partial charge in [-0.3, -0.25) is 9.63 Å². The van der Waals surface area contributed by atoms with Gasteiger partial charge in [0.05, 0.1) is 22.7 Å². The molecule has 0 aliphatic heterocycles. The van der Waals surface area contributed by atoms with Crippen LogP contribution in [0.4, 0.5) is 0 Å². The standard InChI is InChI=1S/C20H19Cl3N4O2/c1-20(2,3)29-26-18(28)11-17-24-19(15-9-6-13(22)10-16(15)23)27(25-17)14-7-4-12(21)5-8-14/h4-10H,11H2,1-3H3,(H,26,28). The van der Waals surface area contributed by atoms with Gasteiger partial charge in [-0.05, 0) is 63.2 Å². The molecule has 1 N–H and O–H groups in total. The molecule has 0 saturated carbocycles. The molecule has 0 unspecified atom stereocenters. The van der Waals surface area contributed by atoms with Crippen molar-refractivity contribution in [2.45, 2.75) is 32.8 Å². The molecule has 9 heteroatoms. The van der Waals surface area contributed by atoms with E-state index in [2.05, 4.69) is 15.6 Å². The predicted molar refractivity (Wildman–Crippen MR) is 115 cm³/mol. The van der Waals surface area contributed by atoms with E-state index in [-0.39, 0.29) is 12.3 Å². The Labute approximate surface area is 183 Å². The zero-order chi connectivity index (χ0) is 21.2. The number of hydroxylamine groups is 1. The van der Waals surface area contributed by atoms with Gasteiger partial charge >= 0.3 is 0 Å². The molecule has 0 bridgehead atoms. The minimum absolute atomic E-state index is 0.0606. The third-order valence-corrected chi connectivity index (χ3v) is 4.48. The molecule has 0 saturated heterocycles. The molecule has 3 rings (SSSR count). The van der Waals surface area contributed by atoms with Gasteiger partial charge in [-0.1, -0.05) is 34.8 Å². The van der Waals surface area contributed by atoms with Gasteiger partial charge in [0.15, 0.2) is 11.6 Å². The number of hydrogen-bond donors (Lipinski definition) is 1. The van der Waals surface area contributed by atoms with E-state index < -0.39 is 5.60 Å². The molecule has 1 heterocycles. The van der Waals surface area contributed by atoms with Gasteiger partial charge in [-0.25, -0.2) is 15.1 Å². The first-order valence-corrected chi connectivity index (χ1v) is 9.90. The summed E-state index contributed by atoms with van der Waals surface area (Å²) in [5.74, 6) is 0.437. The number of halogens is 3. The molecule has 0 atom stereocenters. The number of nitrogens with zero attached hydrogens (tertiary/aromatic N) is 3. The maximum absolute atomic E-state index is 12.2. The molecular weight excluding hydrogens is 435 g/mol. The quantitative estimate of drug-likeness (QED) is 0.533. The van der Waals surface area contributed by atoms with Crippen molar-refractivity contribution in [2.24, 2.45) is 0 Å². The first kappa shape index (κ1) is 21.6. The van der Waals surface area contributed by atoms with Crippen LogP contribution < -0.4 is 5.48 Å². The van der Waals surface area contributed by atoms with E-state index in [4.69, 9.17) is 39.6 Å². The lowest BCUT2D eigenvalue weighted by molar-refractivity contribution is -0.145. The highest BCUT2D eigenvalue weighted by molar-refractivity contribution is 6.36. The van der Waals surface area contributed by atoms with E-state index in [0.717, 1.165) is 5.69 Å². The Hall–Kier alpha value is -2.12. The van der Waals surface area contributed by atoms with Crippen LogP contribution in [0.15, 0.2) is 42.5 Å². The summed E-state index contributed by atoms with van der Waals surface area (Å²) < 4.78 is 1.61. The summed E-state index contributed by atoms with van der Waals surface area (Å²) in [5.41, 5.74) is 3.27. The van der Waals surface area contributed by atoms with Crippen molar-refractivity contribution < 1.29 is 9.63 Å². The SMILES string of the molecule is CC(C)(C)ONC(=O)Cc1nc(-c2ccc(Cl)cc2Cl)n(-c2ccc(Cl)cc2)n1. The number of carbonyl (C=O) groups is 1. The lowest BCUT2D eigenvalue weighted by Gasteiger charge is -2.18. The van der Waals surface area contributed by atoms with E-state index in [1.165, 1.54) is 0 Å². The third-order valence-electron chi connectivity index (χ3n) is 3.68. The van der Waals surface area contributed by atoms with Crippen molar-refractivity contribution in [2.75, 3.05) is 0 Å². The van der Waals surface area contributed by atoms with Gasteiger partial charge in [0, 0.05) is 15.6 Å². The summed E-state index contributed by atoms with van der Waals surface area (Å²) in [6.45, 7) is 5.50. The van der Waals surface area contributed by atoms with Crippen molar-refractivity contribution in [3.63, 3.8) is 0 Å². The first-order valence-electron chi connectivity index (χ1n) is 8.76. The van der Waals surface area contributed by atoms with Gasteiger partial charge in [0.2, 0.25) is 0 Å². The van der Waals surface area contributed by atoms with Crippen LogP contribution in [0.3, 0.4) is 0 Å². The number of carbonyl (C=O) groups excluding carboxylic acids is 1. The van der Waals surface area contributed by atoms with Crippen LogP contribution in [-0.2, 0) is 16.1 Å². The van der Waals surface area contributed by atoms with Crippen molar-refractivity contribution >= 4 is 40.7 Å². The first-order chi connectivity index (χ1) is 13.6. The van der Waals surface area contributed by atoms with E-state index in [9.17, 15) is 4.79 Å². The molecule has 29 heavy (non-hydrogen) atoms. The Kier molecular flexibility index (Phi) is 6.49. The molecule has 0 radical (unpaired) electrons. The fourth-order valence-corrected chi connectivity index (χ4v) is 3.05. The number of amides is 1. The van der Waals surface area contributed by atoms with Crippen molar-refractivity contribution in [1.82, 2.24) is 20.2 Å². The van der Waals surface area contributed by atoms with Crippen LogP contribution in [-0.4, -0.2) is 26.3 Å². The third kappa shape index (κ3) is 5.70. The van der Waals surface area contributed by atoms with Gasteiger partial charge in [-0.2, -0.15) is 5.10 Å². The number of rotatable bonds is 5. The van der Waals surface area contributed by atoms with Crippen molar-refractivity contribution in [3.05, 3.63) is 63.4 Å². The molecule has 2 aromatic carbocycles. The Balaban J connectivity index is 1.97. The molecule has 3 aromatic rings. The Morgan fingerprint density at radius 2 is 1.72 bits per heavy atom. The molecule has 152 valence electrons. The molecule has 0 fully saturated rings. The zero-order valence-corrected chi connectivity index (χ0v) is 18.3. The van der Waals surface area contributed by atoms with Crippen LogP contribution in [0, 0.1) is 0 Å². The van der Waals surface area contributed by atoms with E-state index in [1.54, 1.807) is 47.1 Å². The zero-order valence-electron chi connectivity index (χ0n) is 16.0. The topological polar surface area (TPSA) is 69.0 Å². The monoisotopic (exact) mass is 452 g/mol. The second-order valence-corrected chi connectivity index (χ2v) is 8.56. The highest BCUT2D eigenvalue weighted by atomic mass is 35.5. The van der Waals surface area contributed by atoms with Gasteiger partial charge in [0.1, 0.15) is 0 Å². The summed E-state index contributed by atoms with van der Waals surface area (Å²) in [4.78, 5) is 22.1. The van der Waals surface area contributed by atoms with E-state index in [0.29, 0.717) is 32.3 Å². The molecule has 1 aromatic heterocycles. The Morgan fingerprint density at radius 3 is 2.34 bits per heavy atom. The average Bonchev–Trinajstić information content (AvgIpc) is 3.03. The molecule has 1 amide bonds. The fraction of sp³-hybridized carbons (Fsp3) is 0.250. The summed E-state index contributed by atoms with van der Waals surface area (Å²) >= 11 is 18.4. The molecule has 0 spiro atoms. The molecule has 0 aliphatic rings. The van der Waals surface area contributed by atoms with E-state index in [1.807, 2.05) is 20.8 Å². The minimum Gasteiger partial charge on any atom is -0.272 e. The van der Waals surface area contributed by atoms with Crippen LogP contribution in [0.25, 0.3) is 17.1 Å². The second kappa shape index (κ2) is 8.71.